The summed E-state index contributed by atoms with van der Waals surface area (Å²) in [7, 11) is 0. The van der Waals surface area contributed by atoms with Gasteiger partial charge in [0.15, 0.2) is 0 Å². The second kappa shape index (κ2) is 6.61. The van der Waals surface area contributed by atoms with Crippen molar-refractivity contribution in [2.75, 3.05) is 6.61 Å². The van der Waals surface area contributed by atoms with Gasteiger partial charge in [-0.15, -0.1) is 0 Å². The van der Waals surface area contributed by atoms with Gasteiger partial charge >= 0.3 is 5.97 Å². The Hall–Kier alpha value is -1.84. The number of benzene rings is 1. The van der Waals surface area contributed by atoms with Crippen LogP contribution in [0, 0.1) is 0 Å². The molecule has 1 aromatic carbocycles. The molecule has 0 radical (unpaired) electrons. The van der Waals surface area contributed by atoms with Crippen molar-refractivity contribution in [1.29, 1.82) is 0 Å². The van der Waals surface area contributed by atoms with Gasteiger partial charge in [0.1, 0.15) is 6.61 Å². The molecule has 0 saturated carbocycles. The summed E-state index contributed by atoms with van der Waals surface area (Å²) in [6, 6.07) is 9.45. The molecule has 16 heavy (non-hydrogen) atoms. The maximum absolute atomic E-state index is 10.5. The van der Waals surface area contributed by atoms with E-state index in [-0.39, 0.29) is 6.42 Å². The van der Waals surface area contributed by atoms with Crippen LogP contribution in [0.2, 0.25) is 0 Å². The molecule has 0 aromatic heterocycles. The van der Waals surface area contributed by atoms with Crippen LogP contribution in [0.15, 0.2) is 35.5 Å². The Kier molecular flexibility index (Phi) is 5.05. The Morgan fingerprint density at radius 2 is 2.00 bits per heavy atom. The monoisotopic (exact) mass is 221 g/mol. The quantitative estimate of drug-likeness (QED) is 0.592. The minimum absolute atomic E-state index is 0.0564. The second-order valence-corrected chi connectivity index (χ2v) is 3.22. The number of hydrogen-bond acceptors (Lipinski definition) is 3. The van der Waals surface area contributed by atoms with Gasteiger partial charge in [-0.3, -0.25) is 4.79 Å². The van der Waals surface area contributed by atoms with Gasteiger partial charge in [0.05, 0.1) is 12.1 Å². The molecule has 0 saturated heterocycles. The third-order valence-electron chi connectivity index (χ3n) is 1.99. The molecule has 0 aliphatic rings. The van der Waals surface area contributed by atoms with Crippen molar-refractivity contribution in [2.24, 2.45) is 5.16 Å². The standard InChI is InChI=1S/C12H15NO3/c1-2-16-13-11(8-9-12(14)15)10-6-4-3-5-7-10/h3-7H,2,8-9H2,1H3,(H,14,15). The lowest BCUT2D eigenvalue weighted by Crippen LogP contribution is -2.06. The van der Waals surface area contributed by atoms with Crippen LogP contribution < -0.4 is 0 Å². The van der Waals surface area contributed by atoms with Gasteiger partial charge in [0.25, 0.3) is 0 Å². The van der Waals surface area contributed by atoms with E-state index < -0.39 is 5.97 Å². The third-order valence-corrected chi connectivity index (χ3v) is 1.99. The number of nitrogens with zero attached hydrogens (tertiary/aromatic N) is 1. The van der Waals surface area contributed by atoms with Crippen molar-refractivity contribution >= 4 is 11.7 Å². The molecule has 1 rings (SSSR count). The van der Waals surface area contributed by atoms with Crippen LogP contribution in [0.4, 0.5) is 0 Å². The van der Waals surface area contributed by atoms with E-state index in [1.807, 2.05) is 37.3 Å². The highest BCUT2D eigenvalue weighted by Gasteiger charge is 2.06. The van der Waals surface area contributed by atoms with E-state index in [9.17, 15) is 4.79 Å². The minimum atomic E-state index is -0.833. The number of carboxylic acids is 1. The van der Waals surface area contributed by atoms with Crippen molar-refractivity contribution in [3.63, 3.8) is 0 Å². The zero-order valence-corrected chi connectivity index (χ0v) is 9.22. The topological polar surface area (TPSA) is 58.9 Å². The number of oxime groups is 1. The minimum Gasteiger partial charge on any atom is -0.481 e. The second-order valence-electron chi connectivity index (χ2n) is 3.22. The summed E-state index contributed by atoms with van der Waals surface area (Å²) in [5.41, 5.74) is 1.57. The lowest BCUT2D eigenvalue weighted by Gasteiger charge is -2.04. The molecule has 1 aromatic rings. The number of hydrogen-bond donors (Lipinski definition) is 1. The van der Waals surface area contributed by atoms with Gasteiger partial charge in [-0.25, -0.2) is 0 Å². The summed E-state index contributed by atoms with van der Waals surface area (Å²) < 4.78 is 0. The lowest BCUT2D eigenvalue weighted by molar-refractivity contribution is -0.136. The number of aliphatic carboxylic acids is 1. The Balaban J connectivity index is 2.75. The van der Waals surface area contributed by atoms with E-state index in [1.54, 1.807) is 0 Å². The van der Waals surface area contributed by atoms with E-state index in [0.717, 1.165) is 5.56 Å². The predicted octanol–water partition coefficient (Wildman–Crippen LogP) is 2.29. The highest BCUT2D eigenvalue weighted by atomic mass is 16.6. The van der Waals surface area contributed by atoms with Crippen LogP contribution in [-0.2, 0) is 9.63 Å². The highest BCUT2D eigenvalue weighted by molar-refractivity contribution is 6.01. The fourth-order valence-electron chi connectivity index (χ4n) is 1.24. The van der Waals surface area contributed by atoms with Gasteiger partial charge < -0.3 is 9.94 Å². The van der Waals surface area contributed by atoms with Gasteiger partial charge in [-0.2, -0.15) is 0 Å². The summed E-state index contributed by atoms with van der Waals surface area (Å²) >= 11 is 0. The fraction of sp³-hybridized carbons (Fsp3) is 0.333. The molecule has 0 bridgehead atoms. The molecule has 0 aliphatic carbocycles. The molecular weight excluding hydrogens is 206 g/mol. The molecule has 0 fully saturated rings. The normalized spacial score (nSPS) is 11.2. The van der Waals surface area contributed by atoms with Crippen LogP contribution in [0.25, 0.3) is 0 Å². The summed E-state index contributed by atoms with van der Waals surface area (Å²) in [6.45, 7) is 2.31. The van der Waals surface area contributed by atoms with Crippen molar-refractivity contribution < 1.29 is 14.7 Å². The van der Waals surface area contributed by atoms with Crippen molar-refractivity contribution in [3.8, 4) is 0 Å². The van der Waals surface area contributed by atoms with Gasteiger partial charge in [0, 0.05) is 6.42 Å². The van der Waals surface area contributed by atoms with E-state index in [1.165, 1.54) is 0 Å². The molecule has 1 N–H and O–H groups in total. The molecule has 4 heteroatoms. The maximum Gasteiger partial charge on any atom is 0.303 e. The van der Waals surface area contributed by atoms with Crippen molar-refractivity contribution in [1.82, 2.24) is 0 Å². The summed E-state index contributed by atoms with van der Waals surface area (Å²) in [5.74, 6) is -0.833. The Morgan fingerprint density at radius 1 is 1.31 bits per heavy atom. The average molecular weight is 221 g/mol. The third kappa shape index (κ3) is 4.13. The summed E-state index contributed by atoms with van der Waals surface area (Å²) in [4.78, 5) is 15.5. The van der Waals surface area contributed by atoms with Crippen LogP contribution in [0.1, 0.15) is 25.3 Å². The molecule has 0 atom stereocenters. The molecule has 0 heterocycles. The van der Waals surface area contributed by atoms with E-state index in [2.05, 4.69) is 5.16 Å². The Labute approximate surface area is 94.5 Å². The number of carbonyl (C=O) groups is 1. The largest absolute Gasteiger partial charge is 0.481 e. The van der Waals surface area contributed by atoms with Crippen LogP contribution in [-0.4, -0.2) is 23.4 Å². The van der Waals surface area contributed by atoms with Crippen LogP contribution in [0.5, 0.6) is 0 Å². The highest BCUT2D eigenvalue weighted by Crippen LogP contribution is 2.07. The van der Waals surface area contributed by atoms with Gasteiger partial charge in [0.2, 0.25) is 0 Å². The first-order chi connectivity index (χ1) is 7.74. The first kappa shape index (κ1) is 12.2. The Bertz CT molecular complexity index is 360. The van der Waals surface area contributed by atoms with E-state index >= 15 is 0 Å². The zero-order chi connectivity index (χ0) is 11.8. The molecule has 0 unspecified atom stereocenters. The first-order valence-electron chi connectivity index (χ1n) is 5.20. The molecule has 0 aliphatic heterocycles. The molecule has 4 nitrogen and oxygen atoms in total. The molecular formula is C12H15NO3. The average Bonchev–Trinajstić information content (AvgIpc) is 2.30. The zero-order valence-electron chi connectivity index (χ0n) is 9.22. The van der Waals surface area contributed by atoms with Gasteiger partial charge in [-0.05, 0) is 12.5 Å². The summed E-state index contributed by atoms with van der Waals surface area (Å²) in [6.07, 6.45) is 0.431. The van der Waals surface area contributed by atoms with Crippen LogP contribution in [0.3, 0.4) is 0 Å². The Morgan fingerprint density at radius 3 is 2.56 bits per heavy atom. The first-order valence-corrected chi connectivity index (χ1v) is 5.20. The van der Waals surface area contributed by atoms with Crippen molar-refractivity contribution in [3.05, 3.63) is 35.9 Å². The predicted molar refractivity (Wildman–Crippen MR) is 61.5 cm³/mol. The van der Waals surface area contributed by atoms with E-state index in [4.69, 9.17) is 9.94 Å². The lowest BCUT2D eigenvalue weighted by atomic mass is 10.1. The smallest absolute Gasteiger partial charge is 0.303 e. The SMILES string of the molecule is CCON=C(CCC(=O)O)c1ccccc1. The molecule has 0 spiro atoms. The fourth-order valence-corrected chi connectivity index (χ4v) is 1.24. The number of carboxylic acid groups (broad SMARTS) is 1. The summed E-state index contributed by atoms with van der Waals surface area (Å²) in [5, 5.41) is 12.6. The molecule has 0 amide bonds. The molecule has 86 valence electrons. The maximum atomic E-state index is 10.5. The van der Waals surface area contributed by atoms with Crippen LogP contribution >= 0.6 is 0 Å². The van der Waals surface area contributed by atoms with E-state index in [0.29, 0.717) is 18.7 Å². The number of rotatable bonds is 6. The van der Waals surface area contributed by atoms with Gasteiger partial charge in [-0.1, -0.05) is 35.5 Å². The van der Waals surface area contributed by atoms with Crippen molar-refractivity contribution in [2.45, 2.75) is 19.8 Å².